The van der Waals surface area contributed by atoms with Gasteiger partial charge in [0.25, 0.3) is 0 Å². The topological polar surface area (TPSA) is 59.3 Å². The molecule has 0 aliphatic rings. The van der Waals surface area contributed by atoms with Crippen molar-refractivity contribution in [3.05, 3.63) is 82.4 Å². The van der Waals surface area contributed by atoms with Crippen LogP contribution >= 0.6 is 0 Å². The van der Waals surface area contributed by atoms with Crippen molar-refractivity contribution in [2.24, 2.45) is 0 Å². The first-order chi connectivity index (χ1) is 17.9. The molecule has 0 spiro atoms. The monoisotopic (exact) mass is 495 g/mol. The van der Waals surface area contributed by atoms with Gasteiger partial charge in [0.05, 0.1) is 18.8 Å². The van der Waals surface area contributed by atoms with Gasteiger partial charge in [-0.2, -0.15) is 5.26 Å². The number of hydrogen-bond acceptors (Lipinski definition) is 4. The quantitative estimate of drug-likeness (QED) is 0.198. The Balaban J connectivity index is 2.03. The Morgan fingerprint density at radius 3 is 2.43 bits per heavy atom. The molecule has 1 atom stereocenters. The van der Waals surface area contributed by atoms with Gasteiger partial charge >= 0.3 is 0 Å². The Hall–Kier alpha value is -3.84. The lowest BCUT2D eigenvalue weighted by atomic mass is 9.91. The second kappa shape index (κ2) is 12.9. The lowest BCUT2D eigenvalue weighted by Crippen LogP contribution is -2.15. The minimum absolute atomic E-state index is 0.0104. The fourth-order valence-electron chi connectivity index (χ4n) is 4.69. The molecule has 0 radical (unpaired) electrons. The van der Waals surface area contributed by atoms with E-state index in [0.29, 0.717) is 22.6 Å². The van der Waals surface area contributed by atoms with Crippen LogP contribution in [0.1, 0.15) is 86.5 Å². The summed E-state index contributed by atoms with van der Waals surface area (Å²) >= 11 is 0. The van der Waals surface area contributed by atoms with Crippen LogP contribution in [0.15, 0.2) is 54.6 Å². The van der Waals surface area contributed by atoms with Gasteiger partial charge in [-0.15, -0.1) is 0 Å². The smallest absolute Gasteiger partial charge is 0.159 e. The van der Waals surface area contributed by atoms with Crippen molar-refractivity contribution in [1.29, 1.82) is 5.26 Å². The number of methoxy groups -OCH3 is 1. The van der Waals surface area contributed by atoms with Gasteiger partial charge in [0.1, 0.15) is 17.6 Å². The number of ether oxygens (including phenoxy) is 2. The van der Waals surface area contributed by atoms with Crippen molar-refractivity contribution in [3.63, 3.8) is 0 Å². The highest BCUT2D eigenvalue weighted by atomic mass is 16.5. The molecule has 4 heteroatoms. The van der Waals surface area contributed by atoms with E-state index in [9.17, 15) is 10.1 Å². The van der Waals surface area contributed by atoms with E-state index in [0.717, 1.165) is 53.5 Å². The summed E-state index contributed by atoms with van der Waals surface area (Å²) in [4.78, 5) is 11.8. The van der Waals surface area contributed by atoms with Crippen LogP contribution in [0.4, 0.5) is 0 Å². The number of carbonyl (C=O) groups excluding carboxylic acids is 1. The minimum Gasteiger partial charge on any atom is -0.496 e. The van der Waals surface area contributed by atoms with E-state index in [4.69, 9.17) is 9.47 Å². The Bertz CT molecular complexity index is 1330. The molecule has 0 aliphatic heterocycles. The molecule has 0 bridgehead atoms. The molecule has 0 amide bonds. The average molecular weight is 496 g/mol. The molecule has 0 aliphatic carbocycles. The van der Waals surface area contributed by atoms with Crippen molar-refractivity contribution < 1.29 is 14.3 Å². The van der Waals surface area contributed by atoms with Crippen molar-refractivity contribution >= 4 is 17.4 Å². The van der Waals surface area contributed by atoms with Gasteiger partial charge in [-0.1, -0.05) is 69.7 Å². The van der Waals surface area contributed by atoms with Crippen molar-refractivity contribution in [2.45, 2.75) is 66.4 Å². The van der Waals surface area contributed by atoms with Crippen LogP contribution in [0.25, 0.3) is 22.8 Å². The molecule has 192 valence electrons. The second-order valence-corrected chi connectivity index (χ2v) is 9.29. The number of nitrogens with zero attached hydrogens (tertiary/aromatic N) is 1. The highest BCUT2D eigenvalue weighted by Crippen LogP contribution is 2.34. The maximum atomic E-state index is 11.8. The zero-order valence-electron chi connectivity index (χ0n) is 22.9. The first kappa shape index (κ1) is 27.7. The molecule has 0 saturated carbocycles. The number of Topliss-reactive ketones (excluding diaryl/α,β-unsaturated/α-hetero) is 1. The average Bonchev–Trinajstić information content (AvgIpc) is 2.92. The number of hydrogen-bond donors (Lipinski definition) is 0. The van der Waals surface area contributed by atoms with E-state index in [1.807, 2.05) is 30.3 Å². The standard InChI is InChI=1S/C33H37NO3/c1-7-11-28(8-2)37-32-17-15-26(19-27(32)21-34)31-13-10-12-25(29(31)9-3)18-22(4)30-16-14-24(23(5)35)20-33(30)36-6/h10,12-20,28H,7-9,11H2,1-6H3/b22-18+. The molecule has 4 nitrogen and oxygen atoms in total. The zero-order chi connectivity index (χ0) is 26.9. The third-order valence-electron chi connectivity index (χ3n) is 6.74. The molecule has 3 aromatic carbocycles. The summed E-state index contributed by atoms with van der Waals surface area (Å²) in [5.41, 5.74) is 7.60. The fraction of sp³-hybridized carbons (Fsp3) is 0.333. The molecule has 3 rings (SSSR count). The highest BCUT2D eigenvalue weighted by molar-refractivity contribution is 5.95. The maximum Gasteiger partial charge on any atom is 0.159 e. The van der Waals surface area contributed by atoms with E-state index in [-0.39, 0.29) is 11.9 Å². The van der Waals surface area contributed by atoms with Crippen molar-refractivity contribution in [3.8, 4) is 28.7 Å². The van der Waals surface area contributed by atoms with Gasteiger partial charge in [-0.3, -0.25) is 4.79 Å². The lowest BCUT2D eigenvalue weighted by Gasteiger charge is -2.19. The summed E-state index contributed by atoms with van der Waals surface area (Å²) in [5.74, 6) is 1.34. The Labute approximate surface area is 221 Å². The Morgan fingerprint density at radius 1 is 1.03 bits per heavy atom. The lowest BCUT2D eigenvalue weighted by molar-refractivity contribution is 0.101. The van der Waals surface area contributed by atoms with Gasteiger partial charge in [0.2, 0.25) is 0 Å². The molecule has 3 aromatic rings. The van der Waals surface area contributed by atoms with E-state index in [2.05, 4.69) is 58.0 Å². The molecule has 0 N–H and O–H groups in total. The Kier molecular flexibility index (Phi) is 9.69. The van der Waals surface area contributed by atoms with Crippen molar-refractivity contribution in [1.82, 2.24) is 0 Å². The summed E-state index contributed by atoms with van der Waals surface area (Å²) in [6.45, 7) is 10.0. The zero-order valence-corrected chi connectivity index (χ0v) is 22.9. The maximum absolute atomic E-state index is 11.8. The van der Waals surface area contributed by atoms with Gasteiger partial charge in [-0.05, 0) is 79.1 Å². The SMILES string of the molecule is CCCC(CC)Oc1ccc(-c2cccc(/C=C(\C)c3ccc(C(C)=O)cc3OC)c2CC)cc1C#N. The highest BCUT2D eigenvalue weighted by Gasteiger charge is 2.15. The van der Waals surface area contributed by atoms with Crippen LogP contribution < -0.4 is 9.47 Å². The molecule has 0 saturated heterocycles. The van der Waals surface area contributed by atoms with Crippen LogP contribution in [-0.2, 0) is 6.42 Å². The van der Waals surface area contributed by atoms with Crippen LogP contribution in [0.3, 0.4) is 0 Å². The number of ketones is 1. The van der Waals surface area contributed by atoms with Gasteiger partial charge in [0, 0.05) is 11.1 Å². The summed E-state index contributed by atoms with van der Waals surface area (Å²) in [6, 6.07) is 20.1. The largest absolute Gasteiger partial charge is 0.496 e. The van der Waals surface area contributed by atoms with Crippen LogP contribution in [-0.4, -0.2) is 19.0 Å². The van der Waals surface area contributed by atoms with Crippen LogP contribution in [0.2, 0.25) is 0 Å². The second-order valence-electron chi connectivity index (χ2n) is 9.29. The third-order valence-corrected chi connectivity index (χ3v) is 6.74. The van der Waals surface area contributed by atoms with Gasteiger partial charge in [0.15, 0.2) is 5.78 Å². The van der Waals surface area contributed by atoms with Gasteiger partial charge in [-0.25, -0.2) is 0 Å². The fourth-order valence-corrected chi connectivity index (χ4v) is 4.69. The van der Waals surface area contributed by atoms with E-state index in [1.54, 1.807) is 20.1 Å². The minimum atomic E-state index is 0.0104. The van der Waals surface area contributed by atoms with E-state index in [1.165, 1.54) is 5.56 Å². The van der Waals surface area contributed by atoms with Crippen LogP contribution in [0.5, 0.6) is 11.5 Å². The molecule has 0 aromatic heterocycles. The van der Waals surface area contributed by atoms with E-state index >= 15 is 0 Å². The first-order valence-corrected chi connectivity index (χ1v) is 13.1. The normalized spacial score (nSPS) is 12.1. The summed E-state index contributed by atoms with van der Waals surface area (Å²) in [5, 5.41) is 9.86. The molecule has 0 fully saturated rings. The predicted octanol–water partition coefficient (Wildman–Crippen LogP) is 8.52. The number of rotatable bonds is 11. The number of allylic oxidation sites excluding steroid dienone is 1. The number of carbonyl (C=O) groups is 1. The summed E-state index contributed by atoms with van der Waals surface area (Å²) in [6.07, 6.45) is 6.05. The molecular formula is C33H37NO3. The molecule has 37 heavy (non-hydrogen) atoms. The summed E-state index contributed by atoms with van der Waals surface area (Å²) in [7, 11) is 1.62. The van der Waals surface area contributed by atoms with Crippen molar-refractivity contribution in [2.75, 3.05) is 7.11 Å². The summed E-state index contributed by atoms with van der Waals surface area (Å²) < 4.78 is 11.8. The molecule has 0 heterocycles. The Morgan fingerprint density at radius 2 is 1.81 bits per heavy atom. The predicted molar refractivity (Wildman–Crippen MR) is 152 cm³/mol. The van der Waals surface area contributed by atoms with Gasteiger partial charge < -0.3 is 9.47 Å². The third kappa shape index (κ3) is 6.49. The first-order valence-electron chi connectivity index (χ1n) is 13.1. The number of benzene rings is 3. The van der Waals surface area contributed by atoms with E-state index < -0.39 is 0 Å². The van der Waals surface area contributed by atoms with Crippen LogP contribution in [0, 0.1) is 11.3 Å². The number of nitriles is 1. The molecule has 1 unspecified atom stereocenters. The molecular weight excluding hydrogens is 458 g/mol.